The minimum Gasteiger partial charge on any atom is -0.327 e. The van der Waals surface area contributed by atoms with Gasteiger partial charge < -0.3 is 5.73 Å². The Morgan fingerprint density at radius 3 is 2.50 bits per heavy atom. The Hall–Kier alpha value is -0.350. The summed E-state index contributed by atoms with van der Waals surface area (Å²) in [6.45, 7) is 6.47. The number of nitrogens with zero attached hydrogens (tertiary/aromatic N) is 2. The molecule has 2 unspecified atom stereocenters. The van der Waals surface area contributed by atoms with E-state index in [-0.39, 0.29) is 6.04 Å². The van der Waals surface area contributed by atoms with Crippen LogP contribution in [0.3, 0.4) is 0 Å². The standard InChI is InChI=1S/C12H22BrN3/c1-5-9(14)8(3)7-11-12(13)10(6-2)15-16(11)4/h8-9H,5-7,14H2,1-4H3. The fraction of sp³-hybridized carbons (Fsp3) is 0.750. The van der Waals surface area contributed by atoms with Crippen molar-refractivity contribution in [3.63, 3.8) is 0 Å². The molecule has 92 valence electrons. The summed E-state index contributed by atoms with van der Waals surface area (Å²) in [6, 6.07) is 0.270. The van der Waals surface area contributed by atoms with Crippen LogP contribution in [0.5, 0.6) is 0 Å². The third-order valence-corrected chi connectivity index (χ3v) is 4.14. The van der Waals surface area contributed by atoms with Crippen LogP contribution in [0.15, 0.2) is 4.47 Å². The van der Waals surface area contributed by atoms with Crippen LogP contribution in [0, 0.1) is 5.92 Å². The SMILES string of the molecule is CCc1nn(C)c(CC(C)C(N)CC)c1Br. The van der Waals surface area contributed by atoms with Gasteiger partial charge in [-0.3, -0.25) is 4.68 Å². The minimum absolute atomic E-state index is 0.270. The van der Waals surface area contributed by atoms with Crippen LogP contribution >= 0.6 is 15.9 Å². The van der Waals surface area contributed by atoms with Gasteiger partial charge in [-0.25, -0.2) is 0 Å². The first-order valence-electron chi connectivity index (χ1n) is 5.97. The normalized spacial score (nSPS) is 15.1. The van der Waals surface area contributed by atoms with Gasteiger partial charge in [0.2, 0.25) is 0 Å². The number of aromatic nitrogens is 2. The van der Waals surface area contributed by atoms with Crippen LogP contribution in [0.1, 0.15) is 38.6 Å². The second-order valence-electron chi connectivity index (χ2n) is 4.44. The number of hydrogen-bond acceptors (Lipinski definition) is 2. The fourth-order valence-electron chi connectivity index (χ4n) is 1.90. The number of nitrogens with two attached hydrogens (primary N) is 1. The van der Waals surface area contributed by atoms with E-state index in [1.54, 1.807) is 0 Å². The molecule has 0 bridgehead atoms. The highest BCUT2D eigenvalue weighted by molar-refractivity contribution is 9.10. The molecule has 0 aromatic carbocycles. The summed E-state index contributed by atoms with van der Waals surface area (Å²) < 4.78 is 3.13. The van der Waals surface area contributed by atoms with Crippen molar-refractivity contribution in [2.24, 2.45) is 18.7 Å². The third-order valence-electron chi connectivity index (χ3n) is 3.22. The predicted octanol–water partition coefficient (Wildman–Crippen LogP) is 2.66. The summed E-state index contributed by atoms with van der Waals surface area (Å²) in [5.41, 5.74) is 8.45. The van der Waals surface area contributed by atoms with Gasteiger partial charge in [0.05, 0.1) is 15.9 Å². The molecule has 0 aliphatic carbocycles. The zero-order valence-electron chi connectivity index (χ0n) is 10.6. The Balaban J connectivity index is 2.84. The molecule has 0 aliphatic rings. The molecule has 0 saturated heterocycles. The molecule has 2 atom stereocenters. The van der Waals surface area contributed by atoms with E-state index in [0.717, 1.165) is 29.4 Å². The quantitative estimate of drug-likeness (QED) is 0.905. The lowest BCUT2D eigenvalue weighted by molar-refractivity contribution is 0.431. The molecular formula is C12H22BrN3. The van der Waals surface area contributed by atoms with Crippen LogP contribution in [-0.4, -0.2) is 15.8 Å². The van der Waals surface area contributed by atoms with Crippen molar-refractivity contribution in [1.82, 2.24) is 9.78 Å². The second kappa shape index (κ2) is 5.82. The number of halogens is 1. The summed E-state index contributed by atoms with van der Waals surface area (Å²) >= 11 is 3.64. The molecule has 0 fully saturated rings. The Labute approximate surface area is 107 Å². The van der Waals surface area contributed by atoms with E-state index < -0.39 is 0 Å². The van der Waals surface area contributed by atoms with Gasteiger partial charge in [-0.15, -0.1) is 0 Å². The summed E-state index contributed by atoms with van der Waals surface area (Å²) in [7, 11) is 2.00. The van der Waals surface area contributed by atoms with Crippen molar-refractivity contribution < 1.29 is 0 Å². The van der Waals surface area contributed by atoms with Gasteiger partial charge >= 0.3 is 0 Å². The van der Waals surface area contributed by atoms with Gasteiger partial charge in [0.25, 0.3) is 0 Å². The molecular weight excluding hydrogens is 266 g/mol. The van der Waals surface area contributed by atoms with E-state index in [0.29, 0.717) is 5.92 Å². The van der Waals surface area contributed by atoms with Crippen LogP contribution in [0.4, 0.5) is 0 Å². The molecule has 0 amide bonds. The lowest BCUT2D eigenvalue weighted by Crippen LogP contribution is -2.29. The van der Waals surface area contributed by atoms with Crippen LogP contribution in [0.2, 0.25) is 0 Å². The molecule has 2 N–H and O–H groups in total. The summed E-state index contributed by atoms with van der Waals surface area (Å²) in [5.74, 6) is 0.487. The first kappa shape index (κ1) is 13.7. The van der Waals surface area contributed by atoms with Crippen LogP contribution < -0.4 is 5.73 Å². The van der Waals surface area contributed by atoms with E-state index in [4.69, 9.17) is 5.73 Å². The maximum absolute atomic E-state index is 6.06. The Morgan fingerprint density at radius 1 is 1.44 bits per heavy atom. The van der Waals surface area contributed by atoms with Crippen molar-refractivity contribution in [2.45, 2.75) is 46.1 Å². The fourth-order valence-corrected chi connectivity index (χ4v) is 2.68. The topological polar surface area (TPSA) is 43.8 Å². The van der Waals surface area contributed by atoms with Gasteiger partial charge in [-0.05, 0) is 41.1 Å². The van der Waals surface area contributed by atoms with Gasteiger partial charge in [-0.2, -0.15) is 5.10 Å². The maximum atomic E-state index is 6.06. The molecule has 3 nitrogen and oxygen atoms in total. The van der Waals surface area contributed by atoms with Crippen LogP contribution in [0.25, 0.3) is 0 Å². The largest absolute Gasteiger partial charge is 0.327 e. The molecule has 1 aromatic rings. The highest BCUT2D eigenvalue weighted by atomic mass is 79.9. The highest BCUT2D eigenvalue weighted by Gasteiger charge is 2.18. The molecule has 0 aliphatic heterocycles. The monoisotopic (exact) mass is 287 g/mol. The van der Waals surface area contributed by atoms with Crippen molar-refractivity contribution in [3.8, 4) is 0 Å². The first-order chi connectivity index (χ1) is 7.51. The zero-order valence-corrected chi connectivity index (χ0v) is 12.2. The van der Waals surface area contributed by atoms with Crippen molar-refractivity contribution in [2.75, 3.05) is 0 Å². The number of hydrogen-bond donors (Lipinski definition) is 1. The Kier molecular flexibility index (Phi) is 4.99. The van der Waals surface area contributed by atoms with Gasteiger partial charge in [0.15, 0.2) is 0 Å². The van der Waals surface area contributed by atoms with Gasteiger partial charge in [0.1, 0.15) is 0 Å². The third kappa shape index (κ3) is 2.86. The molecule has 16 heavy (non-hydrogen) atoms. The smallest absolute Gasteiger partial charge is 0.0766 e. The number of aryl methyl sites for hydroxylation is 2. The van der Waals surface area contributed by atoms with Gasteiger partial charge in [0, 0.05) is 13.1 Å². The lowest BCUT2D eigenvalue weighted by atomic mass is 9.95. The summed E-state index contributed by atoms with van der Waals surface area (Å²) in [5, 5.41) is 4.50. The molecule has 0 radical (unpaired) electrons. The van der Waals surface area contributed by atoms with Crippen LogP contribution in [-0.2, 0) is 19.9 Å². The van der Waals surface area contributed by atoms with Crippen molar-refractivity contribution >= 4 is 15.9 Å². The highest BCUT2D eigenvalue weighted by Crippen LogP contribution is 2.24. The molecule has 1 aromatic heterocycles. The number of rotatable bonds is 5. The molecule has 1 heterocycles. The molecule has 0 spiro atoms. The predicted molar refractivity (Wildman–Crippen MR) is 71.4 cm³/mol. The Morgan fingerprint density at radius 2 is 2.06 bits per heavy atom. The summed E-state index contributed by atoms with van der Waals surface area (Å²) in [4.78, 5) is 0. The summed E-state index contributed by atoms with van der Waals surface area (Å²) in [6.07, 6.45) is 2.97. The lowest BCUT2D eigenvalue weighted by Gasteiger charge is -2.18. The first-order valence-corrected chi connectivity index (χ1v) is 6.76. The van der Waals surface area contributed by atoms with E-state index in [1.807, 2.05) is 11.7 Å². The Bertz CT molecular complexity index is 346. The van der Waals surface area contributed by atoms with Crippen molar-refractivity contribution in [1.29, 1.82) is 0 Å². The van der Waals surface area contributed by atoms with E-state index in [1.165, 1.54) is 5.69 Å². The minimum atomic E-state index is 0.270. The van der Waals surface area contributed by atoms with E-state index in [2.05, 4.69) is 41.8 Å². The second-order valence-corrected chi connectivity index (χ2v) is 5.23. The average molecular weight is 288 g/mol. The zero-order chi connectivity index (χ0) is 12.3. The average Bonchev–Trinajstić information content (AvgIpc) is 2.55. The maximum Gasteiger partial charge on any atom is 0.0766 e. The molecule has 4 heteroatoms. The van der Waals surface area contributed by atoms with E-state index >= 15 is 0 Å². The van der Waals surface area contributed by atoms with Gasteiger partial charge in [-0.1, -0.05) is 20.8 Å². The van der Waals surface area contributed by atoms with E-state index in [9.17, 15) is 0 Å². The molecule has 0 saturated carbocycles. The molecule has 1 rings (SSSR count). The van der Waals surface area contributed by atoms with Crippen molar-refractivity contribution in [3.05, 3.63) is 15.9 Å².